The lowest BCUT2D eigenvalue weighted by Crippen LogP contribution is -2.36. The Morgan fingerprint density at radius 3 is 1.94 bits per heavy atom. The molecule has 0 aliphatic rings. The first kappa shape index (κ1) is 24.6. The van der Waals surface area contributed by atoms with E-state index in [0.717, 1.165) is 24.1 Å². The predicted octanol–water partition coefficient (Wildman–Crippen LogP) is 8.16. The van der Waals surface area contributed by atoms with Crippen LogP contribution in [0.2, 0.25) is 5.02 Å². The van der Waals surface area contributed by atoms with E-state index in [1.807, 2.05) is 53.4 Å². The van der Waals surface area contributed by atoms with Gasteiger partial charge in [0.25, 0.3) is 0 Å². The van der Waals surface area contributed by atoms with Gasteiger partial charge in [-0.15, -0.1) is 0 Å². The molecule has 0 saturated carbocycles. The molecule has 178 valence electrons. The van der Waals surface area contributed by atoms with E-state index in [4.69, 9.17) is 11.6 Å². The van der Waals surface area contributed by atoms with E-state index >= 15 is 0 Å². The molecule has 4 rings (SSSR count). The van der Waals surface area contributed by atoms with E-state index in [1.165, 1.54) is 16.7 Å². The highest BCUT2D eigenvalue weighted by Gasteiger charge is 2.20. The molecule has 0 spiro atoms. The van der Waals surface area contributed by atoms with Gasteiger partial charge in [0.15, 0.2) is 0 Å². The molecular weight excluding hydrogens is 452 g/mol. The minimum absolute atomic E-state index is 0.131. The first-order valence-corrected chi connectivity index (χ1v) is 12.5. The quantitative estimate of drug-likeness (QED) is 0.256. The standard InChI is InChI=1S/C31H31ClN2O/c1-2-24-17-19-28(20-18-24)33-31(35)34(23-27-15-9-10-16-30(27)32)22-21-29(25-11-5-3-6-12-25)26-13-7-4-8-14-26/h3-20,29H,2,21-23H2,1H3,(H,33,35). The molecule has 0 unspecified atom stereocenters. The minimum atomic E-state index is -0.131. The number of urea groups is 1. The van der Waals surface area contributed by atoms with Gasteiger partial charge in [-0.05, 0) is 53.3 Å². The van der Waals surface area contributed by atoms with Gasteiger partial charge in [0.2, 0.25) is 0 Å². The maximum absolute atomic E-state index is 13.4. The number of nitrogens with one attached hydrogen (secondary N) is 1. The molecule has 3 nitrogen and oxygen atoms in total. The van der Waals surface area contributed by atoms with E-state index in [0.29, 0.717) is 18.1 Å². The zero-order valence-corrected chi connectivity index (χ0v) is 20.8. The van der Waals surface area contributed by atoms with Crippen LogP contribution in [0.5, 0.6) is 0 Å². The molecule has 0 aromatic heterocycles. The maximum atomic E-state index is 13.4. The van der Waals surface area contributed by atoms with Gasteiger partial charge in [-0.3, -0.25) is 0 Å². The monoisotopic (exact) mass is 482 g/mol. The van der Waals surface area contributed by atoms with Crippen LogP contribution in [0.3, 0.4) is 0 Å². The Morgan fingerprint density at radius 2 is 1.37 bits per heavy atom. The summed E-state index contributed by atoms with van der Waals surface area (Å²) in [6.45, 7) is 3.14. The average molecular weight is 483 g/mol. The van der Waals surface area contributed by atoms with Crippen LogP contribution < -0.4 is 5.32 Å². The van der Waals surface area contributed by atoms with Gasteiger partial charge < -0.3 is 10.2 Å². The molecule has 0 heterocycles. The smallest absolute Gasteiger partial charge is 0.320 e. The zero-order chi connectivity index (χ0) is 24.5. The Labute approximate surface area is 213 Å². The Bertz CT molecular complexity index is 1170. The summed E-state index contributed by atoms with van der Waals surface area (Å²) in [5, 5.41) is 3.75. The van der Waals surface area contributed by atoms with Crippen LogP contribution in [-0.4, -0.2) is 17.5 Å². The summed E-state index contributed by atoms with van der Waals surface area (Å²) >= 11 is 6.46. The van der Waals surface area contributed by atoms with Crippen molar-refractivity contribution in [3.05, 3.63) is 136 Å². The lowest BCUT2D eigenvalue weighted by Gasteiger charge is -2.27. The topological polar surface area (TPSA) is 32.3 Å². The molecule has 0 aliphatic carbocycles. The van der Waals surface area contributed by atoms with Gasteiger partial charge in [0, 0.05) is 29.7 Å². The number of carbonyl (C=O) groups excluding carboxylic acids is 1. The number of halogens is 1. The highest BCUT2D eigenvalue weighted by Crippen LogP contribution is 2.29. The number of amides is 2. The van der Waals surface area contributed by atoms with Crippen molar-refractivity contribution in [3.8, 4) is 0 Å². The van der Waals surface area contributed by atoms with Gasteiger partial charge in [-0.2, -0.15) is 0 Å². The first-order chi connectivity index (χ1) is 17.1. The SMILES string of the molecule is CCc1ccc(NC(=O)N(CCC(c2ccccc2)c2ccccc2)Cc2ccccc2Cl)cc1. The lowest BCUT2D eigenvalue weighted by molar-refractivity contribution is 0.207. The highest BCUT2D eigenvalue weighted by atomic mass is 35.5. The second kappa shape index (κ2) is 12.2. The number of hydrogen-bond donors (Lipinski definition) is 1. The molecular formula is C31H31ClN2O. The molecule has 0 fully saturated rings. The fraction of sp³-hybridized carbons (Fsp3) is 0.194. The molecule has 1 N–H and O–H groups in total. The summed E-state index contributed by atoms with van der Waals surface area (Å²) in [4.78, 5) is 15.3. The Morgan fingerprint density at radius 1 is 0.800 bits per heavy atom. The van der Waals surface area contributed by atoms with Gasteiger partial charge in [-0.25, -0.2) is 4.79 Å². The Hall–Kier alpha value is -3.56. The van der Waals surface area contributed by atoms with Crippen LogP contribution in [0.4, 0.5) is 10.5 Å². The molecule has 0 radical (unpaired) electrons. The van der Waals surface area contributed by atoms with Crippen molar-refractivity contribution in [2.24, 2.45) is 0 Å². The zero-order valence-electron chi connectivity index (χ0n) is 20.0. The van der Waals surface area contributed by atoms with Crippen LogP contribution in [0.15, 0.2) is 109 Å². The van der Waals surface area contributed by atoms with Crippen molar-refractivity contribution in [2.75, 3.05) is 11.9 Å². The third-order valence-corrected chi connectivity index (χ3v) is 6.68. The summed E-state index contributed by atoms with van der Waals surface area (Å²) in [5.74, 6) is 0.183. The number of aryl methyl sites for hydroxylation is 1. The average Bonchev–Trinajstić information content (AvgIpc) is 2.91. The number of anilines is 1. The molecule has 35 heavy (non-hydrogen) atoms. The van der Waals surface area contributed by atoms with Crippen LogP contribution in [-0.2, 0) is 13.0 Å². The number of benzene rings is 4. The molecule has 0 atom stereocenters. The van der Waals surface area contributed by atoms with Crippen LogP contribution in [0.25, 0.3) is 0 Å². The van der Waals surface area contributed by atoms with Gasteiger partial charge in [0.05, 0.1) is 0 Å². The van der Waals surface area contributed by atoms with Gasteiger partial charge >= 0.3 is 6.03 Å². The minimum Gasteiger partial charge on any atom is -0.320 e. The highest BCUT2D eigenvalue weighted by molar-refractivity contribution is 6.31. The molecule has 2 amide bonds. The normalized spacial score (nSPS) is 10.8. The fourth-order valence-corrected chi connectivity index (χ4v) is 4.49. The first-order valence-electron chi connectivity index (χ1n) is 12.1. The lowest BCUT2D eigenvalue weighted by atomic mass is 9.88. The second-order valence-electron chi connectivity index (χ2n) is 8.66. The number of carbonyl (C=O) groups is 1. The maximum Gasteiger partial charge on any atom is 0.322 e. The number of rotatable bonds is 9. The molecule has 0 aliphatic heterocycles. The number of nitrogens with zero attached hydrogens (tertiary/aromatic N) is 1. The molecule has 4 heteroatoms. The largest absolute Gasteiger partial charge is 0.322 e. The van der Waals surface area contributed by atoms with Crippen LogP contribution >= 0.6 is 11.6 Å². The molecule has 4 aromatic carbocycles. The van der Waals surface area contributed by atoms with Crippen LogP contribution in [0.1, 0.15) is 41.5 Å². The molecule has 0 saturated heterocycles. The second-order valence-corrected chi connectivity index (χ2v) is 9.06. The summed E-state index contributed by atoms with van der Waals surface area (Å²) < 4.78 is 0. The third kappa shape index (κ3) is 6.74. The summed E-state index contributed by atoms with van der Waals surface area (Å²) in [5.41, 5.74) is 5.45. The Balaban J connectivity index is 1.56. The predicted molar refractivity (Wildman–Crippen MR) is 146 cm³/mol. The van der Waals surface area contributed by atoms with Crippen molar-refractivity contribution in [2.45, 2.75) is 32.2 Å². The van der Waals surface area contributed by atoms with E-state index in [2.05, 4.69) is 72.9 Å². The summed E-state index contributed by atoms with van der Waals surface area (Å²) in [7, 11) is 0. The fourth-order valence-electron chi connectivity index (χ4n) is 4.29. The van der Waals surface area contributed by atoms with E-state index in [-0.39, 0.29) is 11.9 Å². The van der Waals surface area contributed by atoms with E-state index in [1.54, 1.807) is 0 Å². The van der Waals surface area contributed by atoms with Crippen molar-refractivity contribution in [3.63, 3.8) is 0 Å². The third-order valence-electron chi connectivity index (χ3n) is 6.31. The van der Waals surface area contributed by atoms with Crippen molar-refractivity contribution in [1.82, 2.24) is 4.90 Å². The van der Waals surface area contributed by atoms with Gasteiger partial charge in [0.1, 0.15) is 0 Å². The molecule has 4 aromatic rings. The van der Waals surface area contributed by atoms with E-state index < -0.39 is 0 Å². The van der Waals surface area contributed by atoms with Crippen molar-refractivity contribution >= 4 is 23.3 Å². The summed E-state index contributed by atoms with van der Waals surface area (Å²) in [6, 6.07) is 36.6. The Kier molecular flexibility index (Phi) is 8.58. The van der Waals surface area contributed by atoms with Crippen molar-refractivity contribution < 1.29 is 4.79 Å². The van der Waals surface area contributed by atoms with Crippen LogP contribution in [0, 0.1) is 0 Å². The van der Waals surface area contributed by atoms with E-state index in [9.17, 15) is 4.79 Å². The molecule has 0 bridgehead atoms. The van der Waals surface area contributed by atoms with Crippen molar-refractivity contribution in [1.29, 1.82) is 0 Å². The number of hydrogen-bond acceptors (Lipinski definition) is 1. The van der Waals surface area contributed by atoms with Gasteiger partial charge in [-0.1, -0.05) is 110 Å². The summed E-state index contributed by atoms with van der Waals surface area (Å²) in [6.07, 6.45) is 1.76.